The van der Waals surface area contributed by atoms with E-state index in [0.29, 0.717) is 12.0 Å². The Bertz CT molecular complexity index is 761. The van der Waals surface area contributed by atoms with Gasteiger partial charge >= 0.3 is 5.69 Å². The Morgan fingerprint density at radius 2 is 2.10 bits per heavy atom. The Kier molecular flexibility index (Phi) is 3.93. The molecule has 20 heavy (non-hydrogen) atoms. The summed E-state index contributed by atoms with van der Waals surface area (Å²) in [5.74, 6) is -0.785. The first-order chi connectivity index (χ1) is 9.49. The number of rotatable bonds is 4. The summed E-state index contributed by atoms with van der Waals surface area (Å²) < 4.78 is 14.0. The third kappa shape index (κ3) is 2.90. The number of benzene rings is 1. The molecule has 2 aromatic rings. The molecule has 0 amide bonds. The van der Waals surface area contributed by atoms with Crippen LogP contribution < -0.4 is 11.2 Å². The molecule has 0 aliphatic heterocycles. The van der Waals surface area contributed by atoms with Crippen molar-refractivity contribution in [2.24, 2.45) is 0 Å². The molecule has 0 radical (unpaired) electrons. The zero-order valence-corrected chi connectivity index (χ0v) is 10.9. The summed E-state index contributed by atoms with van der Waals surface area (Å²) in [6, 6.07) is 5.92. The first kappa shape index (κ1) is 13.9. The topological polar surface area (TPSA) is 71.9 Å². The van der Waals surface area contributed by atoms with Gasteiger partial charge < -0.3 is 4.98 Å². The van der Waals surface area contributed by atoms with Crippen LogP contribution in [0.25, 0.3) is 0 Å². The zero-order valence-electron chi connectivity index (χ0n) is 10.9. The van der Waals surface area contributed by atoms with E-state index >= 15 is 0 Å². The Hall–Kier alpha value is -2.50. The third-order valence-corrected chi connectivity index (χ3v) is 2.95. The van der Waals surface area contributed by atoms with Gasteiger partial charge in [0.15, 0.2) is 5.78 Å². The molecular weight excluding hydrogens is 263 g/mol. The van der Waals surface area contributed by atoms with E-state index in [-0.39, 0.29) is 17.9 Å². The van der Waals surface area contributed by atoms with Crippen molar-refractivity contribution < 1.29 is 9.18 Å². The average Bonchev–Trinajstić information content (AvgIpc) is 2.38. The number of aromatic amines is 1. The Balaban J connectivity index is 2.30. The average molecular weight is 276 g/mol. The minimum atomic E-state index is -0.627. The molecule has 1 heterocycles. The number of nitrogens with zero attached hydrogens (tertiary/aromatic N) is 1. The minimum Gasteiger partial charge on any atom is -0.313 e. The van der Waals surface area contributed by atoms with E-state index in [1.165, 1.54) is 19.1 Å². The Labute approximate surface area is 113 Å². The molecule has 2 rings (SSSR count). The Morgan fingerprint density at radius 3 is 2.75 bits per heavy atom. The molecule has 0 atom stereocenters. The van der Waals surface area contributed by atoms with Crippen LogP contribution in [0.1, 0.15) is 22.8 Å². The van der Waals surface area contributed by atoms with E-state index < -0.39 is 17.0 Å². The van der Waals surface area contributed by atoms with Gasteiger partial charge in [-0.05, 0) is 31.0 Å². The number of nitrogens with one attached hydrogen (secondary N) is 1. The number of aromatic nitrogens is 2. The van der Waals surface area contributed by atoms with Crippen molar-refractivity contribution in [3.8, 4) is 0 Å². The number of aryl methyl sites for hydroxylation is 1. The number of Topliss-reactive ketones (excluding diaryl/α,β-unsaturated/α-hetero) is 1. The molecule has 0 unspecified atom stereocenters. The van der Waals surface area contributed by atoms with Gasteiger partial charge in [0.05, 0.1) is 5.56 Å². The van der Waals surface area contributed by atoms with Gasteiger partial charge in [-0.2, -0.15) is 0 Å². The molecule has 6 heteroatoms. The van der Waals surface area contributed by atoms with Gasteiger partial charge in [0.1, 0.15) is 5.82 Å². The molecule has 0 spiro atoms. The highest BCUT2D eigenvalue weighted by Gasteiger charge is 2.10. The van der Waals surface area contributed by atoms with Crippen molar-refractivity contribution in [1.29, 1.82) is 0 Å². The summed E-state index contributed by atoms with van der Waals surface area (Å²) in [4.78, 5) is 37.2. The van der Waals surface area contributed by atoms with Gasteiger partial charge in [0.25, 0.3) is 5.56 Å². The maximum Gasteiger partial charge on any atom is 0.328 e. The summed E-state index contributed by atoms with van der Waals surface area (Å²) in [6.45, 7) is 1.34. The first-order valence-corrected chi connectivity index (χ1v) is 6.07. The predicted molar refractivity (Wildman–Crippen MR) is 71.4 cm³/mol. The lowest BCUT2D eigenvalue weighted by molar-refractivity contribution is 0.101. The van der Waals surface area contributed by atoms with Gasteiger partial charge in [-0.1, -0.05) is 12.1 Å². The highest BCUT2D eigenvalue weighted by atomic mass is 19.1. The highest BCUT2D eigenvalue weighted by Crippen LogP contribution is 2.04. The van der Waals surface area contributed by atoms with Crippen LogP contribution in [0.4, 0.5) is 4.39 Å². The molecule has 0 saturated heterocycles. The maximum atomic E-state index is 13.0. The van der Waals surface area contributed by atoms with Crippen LogP contribution >= 0.6 is 0 Å². The zero-order chi connectivity index (χ0) is 14.7. The third-order valence-electron chi connectivity index (χ3n) is 2.95. The number of halogens is 1. The van der Waals surface area contributed by atoms with Gasteiger partial charge in [0.2, 0.25) is 0 Å². The smallest absolute Gasteiger partial charge is 0.313 e. The standard InChI is InChI=1S/C14H13FN2O3/c1-9(18)12-8-16-14(20)17(13(12)19)6-5-10-3-2-4-11(15)7-10/h2-4,7-8H,5-6H2,1H3,(H,16,20). The van der Waals surface area contributed by atoms with E-state index in [0.717, 1.165) is 10.8 Å². The van der Waals surface area contributed by atoms with E-state index in [1.807, 2.05) is 0 Å². The second kappa shape index (κ2) is 5.64. The summed E-state index contributed by atoms with van der Waals surface area (Å²) >= 11 is 0. The first-order valence-electron chi connectivity index (χ1n) is 6.07. The van der Waals surface area contributed by atoms with Crippen molar-refractivity contribution in [3.63, 3.8) is 0 Å². The number of carbonyl (C=O) groups is 1. The van der Waals surface area contributed by atoms with Gasteiger partial charge in [0, 0.05) is 12.7 Å². The predicted octanol–water partition coefficient (Wildman–Crippen LogP) is 1.12. The largest absolute Gasteiger partial charge is 0.328 e. The van der Waals surface area contributed by atoms with E-state index in [1.54, 1.807) is 12.1 Å². The fourth-order valence-electron chi connectivity index (χ4n) is 1.90. The summed E-state index contributed by atoms with van der Waals surface area (Å²) in [5.41, 5.74) is -0.609. The van der Waals surface area contributed by atoms with E-state index in [4.69, 9.17) is 0 Å². The number of carbonyl (C=O) groups excluding carboxylic acids is 1. The van der Waals surface area contributed by atoms with Crippen molar-refractivity contribution in [3.05, 3.63) is 68.2 Å². The second-order valence-electron chi connectivity index (χ2n) is 4.40. The molecule has 0 saturated carbocycles. The van der Waals surface area contributed by atoms with Crippen LogP contribution in [0.15, 0.2) is 40.1 Å². The van der Waals surface area contributed by atoms with Crippen molar-refractivity contribution in [1.82, 2.24) is 9.55 Å². The molecule has 104 valence electrons. The van der Waals surface area contributed by atoms with E-state index in [2.05, 4.69) is 4.98 Å². The molecule has 0 fully saturated rings. The van der Waals surface area contributed by atoms with Crippen LogP contribution in [0, 0.1) is 5.82 Å². The number of ketones is 1. The minimum absolute atomic E-state index is 0.0659. The second-order valence-corrected chi connectivity index (χ2v) is 4.40. The molecule has 0 aliphatic rings. The monoisotopic (exact) mass is 276 g/mol. The van der Waals surface area contributed by atoms with Crippen LogP contribution in [-0.2, 0) is 13.0 Å². The molecule has 0 aliphatic carbocycles. The van der Waals surface area contributed by atoms with Crippen LogP contribution in [-0.4, -0.2) is 15.3 Å². The van der Waals surface area contributed by atoms with Crippen LogP contribution in [0.3, 0.4) is 0 Å². The summed E-state index contributed by atoms with van der Waals surface area (Å²) in [7, 11) is 0. The highest BCUT2D eigenvalue weighted by molar-refractivity contribution is 5.93. The normalized spacial score (nSPS) is 10.5. The lowest BCUT2D eigenvalue weighted by atomic mass is 10.1. The number of hydrogen-bond acceptors (Lipinski definition) is 3. The van der Waals surface area contributed by atoms with Crippen molar-refractivity contribution in [2.45, 2.75) is 19.9 Å². The molecule has 1 aromatic heterocycles. The fourth-order valence-corrected chi connectivity index (χ4v) is 1.90. The molecular formula is C14H13FN2O3. The maximum absolute atomic E-state index is 13.0. The number of hydrogen-bond donors (Lipinski definition) is 1. The van der Waals surface area contributed by atoms with Crippen LogP contribution in [0.2, 0.25) is 0 Å². The molecule has 1 aromatic carbocycles. The van der Waals surface area contributed by atoms with Crippen molar-refractivity contribution in [2.75, 3.05) is 0 Å². The lowest BCUT2D eigenvalue weighted by Gasteiger charge is -2.06. The lowest BCUT2D eigenvalue weighted by Crippen LogP contribution is -2.38. The van der Waals surface area contributed by atoms with E-state index in [9.17, 15) is 18.8 Å². The molecule has 0 bridgehead atoms. The van der Waals surface area contributed by atoms with Crippen LogP contribution in [0.5, 0.6) is 0 Å². The Morgan fingerprint density at radius 1 is 1.35 bits per heavy atom. The SMILES string of the molecule is CC(=O)c1c[nH]c(=O)n(CCc2cccc(F)c2)c1=O. The van der Waals surface area contributed by atoms with Gasteiger partial charge in [-0.25, -0.2) is 9.18 Å². The molecule has 1 N–H and O–H groups in total. The van der Waals surface area contributed by atoms with Gasteiger partial charge in [-0.15, -0.1) is 0 Å². The summed E-state index contributed by atoms with van der Waals surface area (Å²) in [6.07, 6.45) is 1.44. The van der Waals surface area contributed by atoms with Crippen molar-refractivity contribution >= 4 is 5.78 Å². The number of H-pyrrole nitrogens is 1. The molecule has 5 nitrogen and oxygen atoms in total. The fraction of sp³-hybridized carbons (Fsp3) is 0.214. The quantitative estimate of drug-likeness (QED) is 0.851. The summed E-state index contributed by atoms with van der Waals surface area (Å²) in [5, 5.41) is 0. The van der Waals surface area contributed by atoms with Gasteiger partial charge in [-0.3, -0.25) is 14.2 Å².